The van der Waals surface area contributed by atoms with Crippen LogP contribution in [0.2, 0.25) is 10.0 Å². The normalized spacial score (nSPS) is 10.5. The molecule has 110 valence electrons. The van der Waals surface area contributed by atoms with Crippen molar-refractivity contribution < 1.29 is 4.79 Å². The lowest BCUT2D eigenvalue weighted by Crippen LogP contribution is -2.12. The van der Waals surface area contributed by atoms with Crippen molar-refractivity contribution >= 4 is 34.9 Å². The summed E-state index contributed by atoms with van der Waals surface area (Å²) < 4.78 is 0. The zero-order chi connectivity index (χ0) is 15.5. The fourth-order valence-corrected chi connectivity index (χ4v) is 2.19. The third-order valence-electron chi connectivity index (χ3n) is 2.99. The molecule has 7 heteroatoms. The van der Waals surface area contributed by atoms with E-state index in [1.165, 1.54) is 6.07 Å². The van der Waals surface area contributed by atoms with Crippen molar-refractivity contribution in [3.05, 3.63) is 64.4 Å². The maximum absolute atomic E-state index is 12.1. The summed E-state index contributed by atoms with van der Waals surface area (Å²) in [6.45, 7) is 0. The summed E-state index contributed by atoms with van der Waals surface area (Å²) in [5.41, 5.74) is 2.12. The summed E-state index contributed by atoms with van der Waals surface area (Å²) in [6.07, 6.45) is 3.37. The van der Waals surface area contributed by atoms with E-state index in [1.54, 1.807) is 30.6 Å². The SMILES string of the molecule is O=C(Nc1cc(-c2ccncc2)[nH]n1)c1ccc(Cl)c(Cl)c1. The number of aromatic nitrogens is 3. The fraction of sp³-hybridized carbons (Fsp3) is 0. The van der Waals surface area contributed by atoms with Crippen molar-refractivity contribution in [2.45, 2.75) is 0 Å². The third kappa shape index (κ3) is 3.10. The summed E-state index contributed by atoms with van der Waals surface area (Å²) in [6, 6.07) is 10.1. The van der Waals surface area contributed by atoms with E-state index in [4.69, 9.17) is 23.2 Å². The number of carbonyl (C=O) groups excluding carboxylic acids is 1. The van der Waals surface area contributed by atoms with E-state index in [2.05, 4.69) is 20.5 Å². The number of carbonyl (C=O) groups is 1. The fourth-order valence-electron chi connectivity index (χ4n) is 1.89. The van der Waals surface area contributed by atoms with Gasteiger partial charge < -0.3 is 5.32 Å². The van der Waals surface area contributed by atoms with Crippen molar-refractivity contribution in [1.82, 2.24) is 15.2 Å². The van der Waals surface area contributed by atoms with Gasteiger partial charge in [-0.15, -0.1) is 0 Å². The van der Waals surface area contributed by atoms with Crippen LogP contribution in [0.1, 0.15) is 10.4 Å². The molecule has 3 aromatic rings. The molecule has 0 aliphatic carbocycles. The Kier molecular flexibility index (Phi) is 4.09. The van der Waals surface area contributed by atoms with Gasteiger partial charge in [-0.1, -0.05) is 23.2 Å². The number of nitrogens with zero attached hydrogens (tertiary/aromatic N) is 2. The van der Waals surface area contributed by atoms with Crippen molar-refractivity contribution in [2.75, 3.05) is 5.32 Å². The summed E-state index contributed by atoms with van der Waals surface area (Å²) in [4.78, 5) is 16.1. The number of anilines is 1. The molecular weight excluding hydrogens is 323 g/mol. The van der Waals surface area contributed by atoms with E-state index in [-0.39, 0.29) is 5.91 Å². The smallest absolute Gasteiger partial charge is 0.256 e. The quantitative estimate of drug-likeness (QED) is 0.760. The van der Waals surface area contributed by atoms with Crippen molar-refractivity contribution in [3.8, 4) is 11.3 Å². The van der Waals surface area contributed by atoms with Gasteiger partial charge in [-0.2, -0.15) is 5.10 Å². The highest BCUT2D eigenvalue weighted by Crippen LogP contribution is 2.23. The second-order valence-electron chi connectivity index (χ2n) is 4.49. The highest BCUT2D eigenvalue weighted by atomic mass is 35.5. The molecule has 0 saturated carbocycles. The topological polar surface area (TPSA) is 70.7 Å². The molecule has 0 unspecified atom stereocenters. The van der Waals surface area contributed by atoms with Gasteiger partial charge in [-0.25, -0.2) is 0 Å². The molecule has 0 bridgehead atoms. The lowest BCUT2D eigenvalue weighted by molar-refractivity contribution is 0.102. The van der Waals surface area contributed by atoms with Gasteiger partial charge in [-0.05, 0) is 30.3 Å². The number of benzene rings is 1. The highest BCUT2D eigenvalue weighted by Gasteiger charge is 2.11. The van der Waals surface area contributed by atoms with Crippen LogP contribution < -0.4 is 5.32 Å². The first-order chi connectivity index (χ1) is 10.6. The molecule has 3 rings (SSSR count). The summed E-state index contributed by atoms with van der Waals surface area (Å²) in [5, 5.41) is 10.3. The van der Waals surface area contributed by atoms with Crippen molar-refractivity contribution in [2.24, 2.45) is 0 Å². The highest BCUT2D eigenvalue weighted by molar-refractivity contribution is 6.42. The number of halogens is 2. The van der Waals surface area contributed by atoms with Crippen LogP contribution in [0.15, 0.2) is 48.8 Å². The average molecular weight is 333 g/mol. The number of H-pyrrole nitrogens is 1. The van der Waals surface area contributed by atoms with Gasteiger partial charge in [0.05, 0.1) is 15.7 Å². The molecule has 0 atom stereocenters. The Morgan fingerprint density at radius 1 is 1.05 bits per heavy atom. The molecule has 2 aromatic heterocycles. The van der Waals surface area contributed by atoms with E-state index in [9.17, 15) is 4.79 Å². The predicted molar refractivity (Wildman–Crippen MR) is 86.2 cm³/mol. The molecule has 0 aliphatic rings. The molecular formula is C15H10Cl2N4O. The number of rotatable bonds is 3. The van der Waals surface area contributed by atoms with Crippen LogP contribution in [0.5, 0.6) is 0 Å². The number of nitrogens with one attached hydrogen (secondary N) is 2. The van der Waals surface area contributed by atoms with E-state index in [0.29, 0.717) is 21.4 Å². The molecule has 0 aliphatic heterocycles. The van der Waals surface area contributed by atoms with Gasteiger partial charge in [-0.3, -0.25) is 14.9 Å². The largest absolute Gasteiger partial charge is 0.305 e. The number of hydrogen-bond acceptors (Lipinski definition) is 3. The van der Waals surface area contributed by atoms with Crippen LogP contribution >= 0.6 is 23.2 Å². The minimum absolute atomic E-state index is 0.314. The van der Waals surface area contributed by atoms with Crippen LogP contribution in [0, 0.1) is 0 Å². The summed E-state index contributed by atoms with van der Waals surface area (Å²) in [5.74, 6) is 0.106. The molecule has 0 fully saturated rings. The number of pyridine rings is 1. The van der Waals surface area contributed by atoms with Crippen LogP contribution in [0.3, 0.4) is 0 Å². The maximum atomic E-state index is 12.1. The van der Waals surface area contributed by atoms with Crippen molar-refractivity contribution in [1.29, 1.82) is 0 Å². The average Bonchev–Trinajstić information content (AvgIpc) is 2.99. The second-order valence-corrected chi connectivity index (χ2v) is 5.30. The van der Waals surface area contributed by atoms with Gasteiger partial charge in [0.15, 0.2) is 5.82 Å². The van der Waals surface area contributed by atoms with Crippen LogP contribution in [-0.4, -0.2) is 21.1 Å². The Morgan fingerprint density at radius 2 is 1.82 bits per heavy atom. The Balaban J connectivity index is 1.77. The molecule has 2 heterocycles. The minimum Gasteiger partial charge on any atom is -0.305 e. The third-order valence-corrected chi connectivity index (χ3v) is 3.73. The van der Waals surface area contributed by atoms with Crippen molar-refractivity contribution in [3.63, 3.8) is 0 Å². The van der Waals surface area contributed by atoms with Crippen LogP contribution in [0.4, 0.5) is 5.82 Å². The van der Waals surface area contributed by atoms with E-state index < -0.39 is 0 Å². The Labute approximate surface area is 136 Å². The first-order valence-corrected chi connectivity index (χ1v) is 7.11. The Morgan fingerprint density at radius 3 is 2.55 bits per heavy atom. The Bertz CT molecular complexity index is 817. The van der Waals surface area contributed by atoms with Gasteiger partial charge in [0, 0.05) is 29.6 Å². The summed E-state index contributed by atoms with van der Waals surface area (Å²) in [7, 11) is 0. The first kappa shape index (κ1) is 14.6. The number of aromatic amines is 1. The maximum Gasteiger partial charge on any atom is 0.256 e. The molecule has 0 saturated heterocycles. The molecule has 0 spiro atoms. The van der Waals surface area contributed by atoms with Gasteiger partial charge in [0.25, 0.3) is 5.91 Å². The Hall–Kier alpha value is -2.37. The molecule has 2 N–H and O–H groups in total. The minimum atomic E-state index is -0.314. The van der Waals surface area contributed by atoms with E-state index in [1.807, 2.05) is 12.1 Å². The zero-order valence-electron chi connectivity index (χ0n) is 11.2. The standard InChI is InChI=1S/C15H10Cl2N4O/c16-11-2-1-10(7-12(11)17)15(22)19-14-8-13(20-21-14)9-3-5-18-6-4-9/h1-8H,(H2,19,20,21,22). The lowest BCUT2D eigenvalue weighted by atomic mass is 10.2. The molecule has 1 amide bonds. The molecule has 5 nitrogen and oxygen atoms in total. The number of hydrogen-bond donors (Lipinski definition) is 2. The summed E-state index contributed by atoms with van der Waals surface area (Å²) >= 11 is 11.7. The van der Waals surface area contributed by atoms with Crippen LogP contribution in [0.25, 0.3) is 11.3 Å². The molecule has 22 heavy (non-hydrogen) atoms. The zero-order valence-corrected chi connectivity index (χ0v) is 12.7. The van der Waals surface area contributed by atoms with Gasteiger partial charge in [0.1, 0.15) is 0 Å². The van der Waals surface area contributed by atoms with Gasteiger partial charge >= 0.3 is 0 Å². The first-order valence-electron chi connectivity index (χ1n) is 6.36. The van der Waals surface area contributed by atoms with Crippen LogP contribution in [-0.2, 0) is 0 Å². The molecule has 1 aromatic carbocycles. The number of amides is 1. The monoisotopic (exact) mass is 332 g/mol. The molecule has 0 radical (unpaired) electrons. The predicted octanol–water partition coefficient (Wildman–Crippen LogP) is 4.03. The lowest BCUT2D eigenvalue weighted by Gasteiger charge is -2.03. The van der Waals surface area contributed by atoms with E-state index in [0.717, 1.165) is 11.3 Å². The van der Waals surface area contributed by atoms with Gasteiger partial charge in [0.2, 0.25) is 0 Å². The van der Waals surface area contributed by atoms with E-state index >= 15 is 0 Å². The second kappa shape index (κ2) is 6.17.